The Balaban J connectivity index is 1.27. The number of benzene rings is 2. The van der Waals surface area contributed by atoms with Gasteiger partial charge in [-0.3, -0.25) is 14.7 Å². The van der Waals surface area contributed by atoms with Crippen LogP contribution in [0, 0.1) is 0 Å². The number of hydrogen-bond acceptors (Lipinski definition) is 7. The van der Waals surface area contributed by atoms with Crippen LogP contribution in [0.15, 0.2) is 53.4 Å². The fraction of sp³-hybridized carbons (Fsp3) is 0.478. The normalized spacial score (nSPS) is 21.8. The van der Waals surface area contributed by atoms with E-state index in [1.165, 1.54) is 17.4 Å². The van der Waals surface area contributed by atoms with Crippen molar-refractivity contribution in [1.29, 1.82) is 0 Å². The summed E-state index contributed by atoms with van der Waals surface area (Å²) in [6, 6.07) is 15.2. The van der Waals surface area contributed by atoms with Gasteiger partial charge in [-0.1, -0.05) is 36.4 Å². The first-order valence-electron chi connectivity index (χ1n) is 10.7. The van der Waals surface area contributed by atoms with Gasteiger partial charge in [-0.2, -0.15) is 0 Å². The van der Waals surface area contributed by atoms with E-state index in [9.17, 15) is 18.6 Å². The smallest absolute Gasteiger partial charge is 0.175 e. The lowest BCUT2D eigenvalue weighted by molar-refractivity contribution is -0.0761. The van der Waals surface area contributed by atoms with Gasteiger partial charge in [-0.25, -0.2) is 8.42 Å². The summed E-state index contributed by atoms with van der Waals surface area (Å²) in [5.74, 6) is 0. The van der Waals surface area contributed by atoms with Gasteiger partial charge in [0.05, 0.1) is 11.0 Å². The van der Waals surface area contributed by atoms with Gasteiger partial charge >= 0.3 is 0 Å². The monoisotopic (exact) mass is 445 g/mol. The van der Waals surface area contributed by atoms with E-state index in [-0.39, 0.29) is 0 Å². The standard InChI is InChI=1S/C23H31N3O4S/c1-31(29,30)22-8-6-18(7-9-22)14-25-12-13-26(23(25)28)17-21(27)16-24-11-10-19-4-2-3-5-20(19)15-24/h2-9,21,23,27-28H,10-17H2,1H3/t21-,23?/m1/s1. The summed E-state index contributed by atoms with van der Waals surface area (Å²) in [5.41, 5.74) is 3.67. The second-order valence-electron chi connectivity index (χ2n) is 8.64. The zero-order chi connectivity index (χ0) is 22.0. The van der Waals surface area contributed by atoms with Crippen LogP contribution in [0.1, 0.15) is 16.7 Å². The zero-order valence-electron chi connectivity index (χ0n) is 17.9. The molecule has 2 aromatic rings. The third-order valence-electron chi connectivity index (χ3n) is 6.19. The summed E-state index contributed by atoms with van der Waals surface area (Å²) < 4.78 is 23.2. The molecule has 2 aliphatic rings. The number of sulfone groups is 1. The van der Waals surface area contributed by atoms with Crippen molar-refractivity contribution in [2.45, 2.75) is 36.9 Å². The number of aliphatic hydroxyl groups is 2. The van der Waals surface area contributed by atoms with Crippen molar-refractivity contribution in [3.8, 4) is 0 Å². The second kappa shape index (κ2) is 9.36. The summed E-state index contributed by atoms with van der Waals surface area (Å²) in [6.45, 7) is 4.70. The number of fused-ring (bicyclic) bond motifs is 1. The van der Waals surface area contributed by atoms with Crippen LogP contribution < -0.4 is 0 Å². The first kappa shape index (κ1) is 22.4. The SMILES string of the molecule is CS(=O)(=O)c1ccc(CN2CCN(C[C@H](O)CN3CCc4ccccc4C3)C2O)cc1. The predicted octanol–water partition coefficient (Wildman–Crippen LogP) is 0.903. The second-order valence-corrected chi connectivity index (χ2v) is 10.7. The van der Waals surface area contributed by atoms with E-state index in [1.54, 1.807) is 24.3 Å². The molecule has 1 fully saturated rings. The third kappa shape index (κ3) is 5.52. The molecule has 4 rings (SSSR count). The van der Waals surface area contributed by atoms with Crippen molar-refractivity contribution >= 4 is 9.84 Å². The molecular weight excluding hydrogens is 414 g/mol. The van der Waals surface area contributed by atoms with Crippen LogP contribution in [0.25, 0.3) is 0 Å². The molecule has 7 nitrogen and oxygen atoms in total. The van der Waals surface area contributed by atoms with Crippen molar-refractivity contribution < 1.29 is 18.6 Å². The van der Waals surface area contributed by atoms with Gasteiger partial charge in [0.15, 0.2) is 16.2 Å². The minimum absolute atomic E-state index is 0.295. The number of β-amino-alcohol motifs (C(OH)–C–C–N with tert-alkyl or cyclic N) is 1. The number of nitrogens with zero attached hydrogens (tertiary/aromatic N) is 3. The lowest BCUT2D eigenvalue weighted by atomic mass is 10.00. The molecule has 0 aromatic heterocycles. The molecule has 2 N–H and O–H groups in total. The molecule has 1 unspecified atom stereocenters. The van der Waals surface area contributed by atoms with Crippen molar-refractivity contribution in [2.24, 2.45) is 0 Å². The van der Waals surface area contributed by atoms with Crippen LogP contribution in [0.2, 0.25) is 0 Å². The molecule has 0 amide bonds. The molecule has 31 heavy (non-hydrogen) atoms. The Hall–Kier alpha value is -1.81. The van der Waals surface area contributed by atoms with Crippen LogP contribution in [-0.4, -0.2) is 84.8 Å². The van der Waals surface area contributed by atoms with E-state index in [2.05, 4.69) is 29.2 Å². The Morgan fingerprint density at radius 3 is 2.35 bits per heavy atom. The van der Waals surface area contributed by atoms with Crippen molar-refractivity contribution in [1.82, 2.24) is 14.7 Å². The van der Waals surface area contributed by atoms with Crippen LogP contribution in [-0.2, 0) is 29.3 Å². The van der Waals surface area contributed by atoms with E-state index in [1.807, 2.05) is 9.80 Å². The molecule has 2 aromatic carbocycles. The van der Waals surface area contributed by atoms with E-state index < -0.39 is 22.3 Å². The third-order valence-corrected chi connectivity index (χ3v) is 7.32. The molecule has 1 saturated heterocycles. The highest BCUT2D eigenvalue weighted by molar-refractivity contribution is 7.90. The summed E-state index contributed by atoms with van der Waals surface area (Å²) in [4.78, 5) is 6.40. The number of hydrogen-bond donors (Lipinski definition) is 2. The average Bonchev–Trinajstić information content (AvgIpc) is 3.07. The Morgan fingerprint density at radius 2 is 1.65 bits per heavy atom. The first-order chi connectivity index (χ1) is 14.8. The maximum Gasteiger partial charge on any atom is 0.175 e. The molecule has 0 aliphatic carbocycles. The van der Waals surface area contributed by atoms with Gasteiger partial charge in [-0.15, -0.1) is 0 Å². The Kier molecular flexibility index (Phi) is 6.76. The molecule has 2 heterocycles. The lowest BCUT2D eigenvalue weighted by Gasteiger charge is -2.32. The van der Waals surface area contributed by atoms with E-state index in [4.69, 9.17) is 0 Å². The fourth-order valence-corrected chi connectivity index (χ4v) is 5.11. The lowest BCUT2D eigenvalue weighted by Crippen LogP contribution is -2.45. The van der Waals surface area contributed by atoms with Gasteiger partial charge in [0.2, 0.25) is 0 Å². The average molecular weight is 446 g/mol. The summed E-state index contributed by atoms with van der Waals surface area (Å²) >= 11 is 0. The largest absolute Gasteiger partial charge is 0.390 e. The highest BCUT2D eigenvalue weighted by atomic mass is 32.2. The maximum atomic E-state index is 11.6. The van der Waals surface area contributed by atoms with Crippen molar-refractivity contribution in [3.63, 3.8) is 0 Å². The van der Waals surface area contributed by atoms with Crippen LogP contribution >= 0.6 is 0 Å². The minimum Gasteiger partial charge on any atom is -0.390 e. The number of aliphatic hydroxyl groups excluding tert-OH is 2. The molecule has 0 spiro atoms. The van der Waals surface area contributed by atoms with Crippen LogP contribution in [0.4, 0.5) is 0 Å². The van der Waals surface area contributed by atoms with Crippen molar-refractivity contribution in [2.75, 3.05) is 39.0 Å². The summed E-state index contributed by atoms with van der Waals surface area (Å²) in [6.07, 6.45) is 0.902. The van der Waals surface area contributed by atoms with Crippen molar-refractivity contribution in [3.05, 3.63) is 65.2 Å². The quantitative estimate of drug-likeness (QED) is 0.655. The number of rotatable bonds is 7. The summed E-state index contributed by atoms with van der Waals surface area (Å²) in [5, 5.41) is 21.4. The Morgan fingerprint density at radius 1 is 0.968 bits per heavy atom. The molecule has 0 bridgehead atoms. The Labute approximate surface area is 184 Å². The molecule has 0 saturated carbocycles. The molecule has 2 aliphatic heterocycles. The van der Waals surface area contributed by atoms with Gasteiger partial charge in [0, 0.05) is 52.1 Å². The molecule has 8 heteroatoms. The topological polar surface area (TPSA) is 84.3 Å². The molecule has 168 valence electrons. The van der Waals surface area contributed by atoms with Crippen LogP contribution in [0.3, 0.4) is 0 Å². The minimum atomic E-state index is -3.21. The molecule has 0 radical (unpaired) electrons. The Bertz CT molecular complexity index is 996. The van der Waals surface area contributed by atoms with E-state index >= 15 is 0 Å². The van der Waals surface area contributed by atoms with Crippen LogP contribution in [0.5, 0.6) is 0 Å². The van der Waals surface area contributed by atoms with Gasteiger partial charge in [-0.05, 0) is 35.2 Å². The maximum absolute atomic E-state index is 11.6. The summed E-state index contributed by atoms with van der Waals surface area (Å²) in [7, 11) is -3.21. The zero-order valence-corrected chi connectivity index (χ0v) is 18.7. The fourth-order valence-electron chi connectivity index (χ4n) is 4.48. The van der Waals surface area contributed by atoms with Gasteiger partial charge < -0.3 is 10.2 Å². The van der Waals surface area contributed by atoms with E-state index in [0.717, 1.165) is 25.1 Å². The van der Waals surface area contributed by atoms with E-state index in [0.29, 0.717) is 37.6 Å². The molecular formula is C23H31N3O4S. The predicted molar refractivity (Wildman–Crippen MR) is 119 cm³/mol. The molecule has 2 atom stereocenters. The van der Waals surface area contributed by atoms with Gasteiger partial charge in [0.25, 0.3) is 0 Å². The van der Waals surface area contributed by atoms with Gasteiger partial charge in [0.1, 0.15) is 0 Å². The first-order valence-corrected chi connectivity index (χ1v) is 12.6. The highest BCUT2D eigenvalue weighted by Crippen LogP contribution is 2.20. The highest BCUT2D eigenvalue weighted by Gasteiger charge is 2.32.